The summed E-state index contributed by atoms with van der Waals surface area (Å²) in [6.07, 6.45) is 1.85. The van der Waals surface area contributed by atoms with Crippen LogP contribution < -0.4 is 0 Å². The van der Waals surface area contributed by atoms with Gasteiger partial charge in [-0.15, -0.1) is 0 Å². The number of carbonyl (C=O) groups excluding carboxylic acids is 1. The van der Waals surface area contributed by atoms with E-state index < -0.39 is 0 Å². The Kier molecular flexibility index (Phi) is 3.36. The van der Waals surface area contributed by atoms with Gasteiger partial charge >= 0.3 is 5.97 Å². The van der Waals surface area contributed by atoms with Crippen molar-refractivity contribution in [3.05, 3.63) is 35.3 Å². The highest BCUT2D eigenvalue weighted by molar-refractivity contribution is 5.90. The van der Waals surface area contributed by atoms with Crippen molar-refractivity contribution in [1.82, 2.24) is 9.38 Å². The van der Waals surface area contributed by atoms with Crippen LogP contribution in [-0.2, 0) is 4.74 Å². The van der Waals surface area contributed by atoms with E-state index in [-0.39, 0.29) is 5.97 Å². The molecule has 0 unspecified atom stereocenters. The largest absolute Gasteiger partial charge is 0.461 e. The smallest absolute Gasteiger partial charge is 0.357 e. The van der Waals surface area contributed by atoms with Crippen LogP contribution in [0.1, 0.15) is 48.4 Å². The summed E-state index contributed by atoms with van der Waals surface area (Å²) in [6.45, 7) is 8.24. The first kappa shape index (κ1) is 12.6. The zero-order chi connectivity index (χ0) is 13.3. The topological polar surface area (TPSA) is 43.6 Å². The molecular weight excluding hydrogens is 228 g/mol. The van der Waals surface area contributed by atoms with Crippen molar-refractivity contribution in [2.24, 2.45) is 0 Å². The third kappa shape index (κ3) is 1.98. The van der Waals surface area contributed by atoms with Gasteiger partial charge in [0.05, 0.1) is 12.3 Å². The number of rotatable bonds is 3. The van der Waals surface area contributed by atoms with E-state index in [9.17, 15) is 4.79 Å². The molecule has 2 rings (SSSR count). The summed E-state index contributed by atoms with van der Waals surface area (Å²) in [7, 11) is 0. The summed E-state index contributed by atoms with van der Waals surface area (Å²) in [4.78, 5) is 16.4. The van der Waals surface area contributed by atoms with Crippen LogP contribution in [0, 0.1) is 6.92 Å². The third-order valence-corrected chi connectivity index (χ3v) is 2.95. The maximum Gasteiger partial charge on any atom is 0.357 e. The normalized spacial score (nSPS) is 11.2. The van der Waals surface area contributed by atoms with Gasteiger partial charge < -0.3 is 4.74 Å². The van der Waals surface area contributed by atoms with Crippen molar-refractivity contribution in [2.45, 2.75) is 33.6 Å². The van der Waals surface area contributed by atoms with Gasteiger partial charge in [-0.25, -0.2) is 9.78 Å². The average molecular weight is 246 g/mol. The number of pyridine rings is 1. The minimum atomic E-state index is -0.316. The fraction of sp³-hybridized carbons (Fsp3) is 0.429. The lowest BCUT2D eigenvalue weighted by molar-refractivity contribution is 0.0517. The standard InChI is InChI=1S/C14H18N2O2/c1-5-18-14(17)12-10(4)15-13-11(9(2)3)7-6-8-16(12)13/h6-9H,5H2,1-4H3. The molecule has 0 aliphatic rings. The molecule has 4 nitrogen and oxygen atoms in total. The monoisotopic (exact) mass is 246 g/mol. The number of esters is 1. The molecule has 0 aliphatic heterocycles. The molecule has 0 spiro atoms. The number of aryl methyl sites for hydroxylation is 1. The van der Waals surface area contributed by atoms with E-state index in [1.165, 1.54) is 0 Å². The van der Waals surface area contributed by atoms with E-state index in [2.05, 4.69) is 18.8 Å². The van der Waals surface area contributed by atoms with Crippen LogP contribution in [0.3, 0.4) is 0 Å². The lowest BCUT2D eigenvalue weighted by atomic mass is 10.1. The predicted molar refractivity (Wildman–Crippen MR) is 70.0 cm³/mol. The van der Waals surface area contributed by atoms with Crippen molar-refractivity contribution in [2.75, 3.05) is 6.61 Å². The quantitative estimate of drug-likeness (QED) is 0.782. The highest BCUT2D eigenvalue weighted by Crippen LogP contribution is 2.22. The Bertz CT molecular complexity index is 585. The Labute approximate surface area is 107 Å². The number of imidazole rings is 1. The number of fused-ring (bicyclic) bond motifs is 1. The van der Waals surface area contributed by atoms with Crippen molar-refractivity contribution in [3.8, 4) is 0 Å². The number of aromatic nitrogens is 2. The van der Waals surface area contributed by atoms with Crippen LogP contribution >= 0.6 is 0 Å². The number of carbonyl (C=O) groups is 1. The fourth-order valence-electron chi connectivity index (χ4n) is 2.10. The Hall–Kier alpha value is -1.84. The molecule has 0 radical (unpaired) electrons. The fourth-order valence-corrected chi connectivity index (χ4v) is 2.10. The molecule has 2 aromatic heterocycles. The lowest BCUT2D eigenvalue weighted by Gasteiger charge is -2.07. The van der Waals surface area contributed by atoms with Gasteiger partial charge in [0, 0.05) is 6.20 Å². The summed E-state index contributed by atoms with van der Waals surface area (Å²) in [6, 6.07) is 3.98. The van der Waals surface area contributed by atoms with E-state index in [1.54, 1.807) is 6.92 Å². The van der Waals surface area contributed by atoms with Crippen molar-refractivity contribution in [3.63, 3.8) is 0 Å². The molecule has 0 N–H and O–H groups in total. The Morgan fingerprint density at radius 2 is 2.22 bits per heavy atom. The SMILES string of the molecule is CCOC(=O)c1c(C)nc2c(C(C)C)cccn12. The molecular formula is C14H18N2O2. The van der Waals surface area contributed by atoms with Gasteiger partial charge in [-0.05, 0) is 31.4 Å². The predicted octanol–water partition coefficient (Wildman–Crippen LogP) is 2.94. The zero-order valence-electron chi connectivity index (χ0n) is 11.2. The van der Waals surface area contributed by atoms with Crippen LogP contribution in [0.2, 0.25) is 0 Å². The molecule has 96 valence electrons. The second-order valence-electron chi connectivity index (χ2n) is 4.58. The minimum absolute atomic E-state index is 0.316. The maximum absolute atomic E-state index is 11.9. The minimum Gasteiger partial charge on any atom is -0.461 e. The number of hydrogen-bond acceptors (Lipinski definition) is 3. The Balaban J connectivity index is 2.65. The third-order valence-electron chi connectivity index (χ3n) is 2.95. The van der Waals surface area contributed by atoms with Gasteiger partial charge in [-0.1, -0.05) is 19.9 Å². The molecule has 0 bridgehead atoms. The first-order valence-electron chi connectivity index (χ1n) is 6.21. The Morgan fingerprint density at radius 3 is 2.83 bits per heavy atom. The molecule has 0 saturated carbocycles. The summed E-state index contributed by atoms with van der Waals surface area (Å²) < 4.78 is 6.90. The van der Waals surface area contributed by atoms with Crippen LogP contribution in [0.4, 0.5) is 0 Å². The van der Waals surface area contributed by atoms with Crippen molar-refractivity contribution >= 4 is 11.6 Å². The molecule has 0 fully saturated rings. The molecule has 0 aliphatic carbocycles. The second kappa shape index (κ2) is 4.80. The summed E-state index contributed by atoms with van der Waals surface area (Å²) in [5.41, 5.74) is 3.21. The lowest BCUT2D eigenvalue weighted by Crippen LogP contribution is -2.09. The van der Waals surface area contributed by atoms with E-state index in [0.717, 1.165) is 11.2 Å². The second-order valence-corrected chi connectivity index (χ2v) is 4.58. The molecule has 2 aromatic rings. The van der Waals surface area contributed by atoms with Gasteiger partial charge in [-0.2, -0.15) is 0 Å². The van der Waals surface area contributed by atoms with E-state index >= 15 is 0 Å². The molecule has 2 heterocycles. The molecule has 0 aromatic carbocycles. The summed E-state index contributed by atoms with van der Waals surface area (Å²) >= 11 is 0. The van der Waals surface area contributed by atoms with Crippen LogP contribution in [-0.4, -0.2) is 22.0 Å². The maximum atomic E-state index is 11.9. The van der Waals surface area contributed by atoms with Crippen molar-refractivity contribution < 1.29 is 9.53 Å². The van der Waals surface area contributed by atoms with Crippen LogP contribution in [0.25, 0.3) is 5.65 Å². The van der Waals surface area contributed by atoms with Crippen LogP contribution in [0.15, 0.2) is 18.3 Å². The number of ether oxygens (including phenoxy) is 1. The number of hydrogen-bond donors (Lipinski definition) is 0. The molecule has 0 atom stereocenters. The molecule has 4 heteroatoms. The number of nitrogens with zero attached hydrogens (tertiary/aromatic N) is 2. The van der Waals surface area contributed by atoms with Gasteiger partial charge in [0.1, 0.15) is 5.65 Å². The molecule has 0 amide bonds. The zero-order valence-corrected chi connectivity index (χ0v) is 11.2. The van der Waals surface area contributed by atoms with Gasteiger partial charge in [0.25, 0.3) is 0 Å². The first-order chi connectivity index (χ1) is 8.56. The molecule has 0 saturated heterocycles. The van der Waals surface area contributed by atoms with E-state index in [1.807, 2.05) is 29.7 Å². The van der Waals surface area contributed by atoms with Gasteiger partial charge in [0.2, 0.25) is 0 Å². The Morgan fingerprint density at radius 1 is 1.50 bits per heavy atom. The van der Waals surface area contributed by atoms with Crippen molar-refractivity contribution in [1.29, 1.82) is 0 Å². The summed E-state index contributed by atoms with van der Waals surface area (Å²) in [5.74, 6) is 0.0500. The van der Waals surface area contributed by atoms with Crippen LogP contribution in [0.5, 0.6) is 0 Å². The average Bonchev–Trinajstić information content (AvgIpc) is 2.64. The first-order valence-corrected chi connectivity index (χ1v) is 6.21. The van der Waals surface area contributed by atoms with Gasteiger partial charge in [-0.3, -0.25) is 4.40 Å². The van der Waals surface area contributed by atoms with E-state index in [4.69, 9.17) is 4.74 Å². The van der Waals surface area contributed by atoms with Gasteiger partial charge in [0.15, 0.2) is 5.69 Å². The highest BCUT2D eigenvalue weighted by atomic mass is 16.5. The molecule has 18 heavy (non-hydrogen) atoms. The summed E-state index contributed by atoms with van der Waals surface area (Å²) in [5, 5.41) is 0. The van der Waals surface area contributed by atoms with E-state index in [0.29, 0.717) is 23.9 Å². The highest BCUT2D eigenvalue weighted by Gasteiger charge is 2.19.